The summed E-state index contributed by atoms with van der Waals surface area (Å²) in [5.41, 5.74) is 3.11. The third-order valence-corrected chi connectivity index (χ3v) is 4.32. The topological polar surface area (TPSA) is 86.5 Å². The van der Waals surface area contributed by atoms with Crippen LogP contribution in [0.1, 0.15) is 24.2 Å². The highest BCUT2D eigenvalue weighted by molar-refractivity contribution is 6.05. The van der Waals surface area contributed by atoms with Gasteiger partial charge in [0.05, 0.1) is 18.8 Å². The Morgan fingerprint density at radius 2 is 1.80 bits per heavy atom. The van der Waals surface area contributed by atoms with Crippen LogP contribution in [0, 0.1) is 0 Å². The Bertz CT molecular complexity index is 1150. The Labute approximate surface area is 173 Å². The largest absolute Gasteiger partial charge is 0.494 e. The van der Waals surface area contributed by atoms with Gasteiger partial charge in [-0.1, -0.05) is 0 Å². The highest BCUT2D eigenvalue weighted by Crippen LogP contribution is 2.27. The molecule has 30 heavy (non-hydrogen) atoms. The Morgan fingerprint density at radius 3 is 2.47 bits per heavy atom. The van der Waals surface area contributed by atoms with E-state index in [2.05, 4.69) is 15.3 Å². The van der Waals surface area contributed by atoms with E-state index in [9.17, 15) is 4.79 Å². The summed E-state index contributed by atoms with van der Waals surface area (Å²) >= 11 is 0. The van der Waals surface area contributed by atoms with Crippen molar-refractivity contribution in [3.05, 3.63) is 66.5 Å². The molecule has 0 aliphatic carbocycles. The van der Waals surface area contributed by atoms with Crippen LogP contribution in [-0.2, 0) is 0 Å². The number of hydrogen-bond donors (Lipinski definition) is 1. The molecule has 0 atom stereocenters. The average molecular weight is 403 g/mol. The summed E-state index contributed by atoms with van der Waals surface area (Å²) in [5, 5.41) is 2.89. The molecule has 0 saturated carbocycles. The number of pyridine rings is 1. The van der Waals surface area contributed by atoms with Crippen LogP contribution in [0.15, 0.2) is 65.3 Å². The van der Waals surface area contributed by atoms with Crippen LogP contribution in [0.25, 0.3) is 22.6 Å². The number of oxazole rings is 1. The highest BCUT2D eigenvalue weighted by Gasteiger charge is 2.13. The fraction of sp³-hybridized carbons (Fsp3) is 0.174. The van der Waals surface area contributed by atoms with Gasteiger partial charge in [-0.05, 0) is 56.3 Å². The number of carbonyl (C=O) groups excluding carboxylic acids is 1. The Balaban J connectivity index is 1.58. The molecule has 1 amide bonds. The van der Waals surface area contributed by atoms with Gasteiger partial charge in [-0.15, -0.1) is 0 Å². The number of carbonyl (C=O) groups is 1. The van der Waals surface area contributed by atoms with E-state index in [1.54, 1.807) is 48.8 Å². The van der Waals surface area contributed by atoms with Gasteiger partial charge in [0, 0.05) is 29.7 Å². The summed E-state index contributed by atoms with van der Waals surface area (Å²) in [6.07, 6.45) is 3.38. The first-order chi connectivity index (χ1) is 14.7. The average Bonchev–Trinajstić information content (AvgIpc) is 3.18. The number of fused-ring (bicyclic) bond motifs is 1. The zero-order valence-electron chi connectivity index (χ0n) is 16.7. The number of amides is 1. The van der Waals surface area contributed by atoms with Gasteiger partial charge in [-0.2, -0.15) is 0 Å². The molecule has 152 valence electrons. The molecular weight excluding hydrogens is 382 g/mol. The molecule has 0 aliphatic rings. The molecule has 1 N–H and O–H groups in total. The fourth-order valence-electron chi connectivity index (χ4n) is 3.02. The minimum atomic E-state index is -0.271. The summed E-state index contributed by atoms with van der Waals surface area (Å²) in [6, 6.07) is 14.2. The lowest BCUT2D eigenvalue weighted by Crippen LogP contribution is -2.12. The van der Waals surface area contributed by atoms with Crippen LogP contribution < -0.4 is 14.8 Å². The first-order valence-electron chi connectivity index (χ1n) is 9.69. The summed E-state index contributed by atoms with van der Waals surface area (Å²) in [5.74, 6) is 1.38. The molecule has 0 saturated heterocycles. The SMILES string of the molecule is CCOc1cc(OCC)cc(C(=O)Nc2ccc3oc(-c4cccnc4)nc3c2)c1. The molecule has 0 radical (unpaired) electrons. The quantitative estimate of drug-likeness (QED) is 0.470. The second-order valence-corrected chi connectivity index (χ2v) is 6.46. The monoisotopic (exact) mass is 403 g/mol. The Kier molecular flexibility index (Phi) is 5.61. The van der Waals surface area contributed by atoms with Crippen molar-refractivity contribution in [3.8, 4) is 23.0 Å². The molecule has 0 unspecified atom stereocenters. The van der Waals surface area contributed by atoms with Gasteiger partial charge in [0.2, 0.25) is 5.89 Å². The summed E-state index contributed by atoms with van der Waals surface area (Å²) in [4.78, 5) is 21.4. The number of anilines is 1. The zero-order valence-corrected chi connectivity index (χ0v) is 16.7. The van der Waals surface area contributed by atoms with Gasteiger partial charge in [0.1, 0.15) is 17.0 Å². The van der Waals surface area contributed by atoms with Crippen molar-refractivity contribution in [1.82, 2.24) is 9.97 Å². The van der Waals surface area contributed by atoms with Crippen LogP contribution in [0.2, 0.25) is 0 Å². The van der Waals surface area contributed by atoms with E-state index in [1.165, 1.54) is 0 Å². The molecule has 2 aromatic heterocycles. The first-order valence-corrected chi connectivity index (χ1v) is 9.69. The van der Waals surface area contributed by atoms with E-state index in [0.29, 0.717) is 53.0 Å². The number of nitrogens with zero attached hydrogens (tertiary/aromatic N) is 2. The van der Waals surface area contributed by atoms with E-state index in [0.717, 1.165) is 5.56 Å². The van der Waals surface area contributed by atoms with Crippen molar-refractivity contribution >= 4 is 22.7 Å². The molecule has 0 fully saturated rings. The molecule has 4 aromatic rings. The molecule has 0 spiro atoms. The molecule has 2 aromatic carbocycles. The lowest BCUT2D eigenvalue weighted by Gasteiger charge is -2.11. The van der Waals surface area contributed by atoms with Crippen molar-refractivity contribution in [1.29, 1.82) is 0 Å². The third-order valence-electron chi connectivity index (χ3n) is 4.32. The van der Waals surface area contributed by atoms with Gasteiger partial charge in [0.15, 0.2) is 5.58 Å². The van der Waals surface area contributed by atoms with Gasteiger partial charge in [0.25, 0.3) is 5.91 Å². The molecule has 4 rings (SSSR count). The minimum absolute atomic E-state index is 0.271. The highest BCUT2D eigenvalue weighted by atomic mass is 16.5. The van der Waals surface area contributed by atoms with E-state index in [1.807, 2.05) is 26.0 Å². The van der Waals surface area contributed by atoms with E-state index in [-0.39, 0.29) is 5.91 Å². The molecule has 0 bridgehead atoms. The van der Waals surface area contributed by atoms with Gasteiger partial charge >= 0.3 is 0 Å². The standard InChI is InChI=1S/C23H21N3O4/c1-3-28-18-10-16(11-19(13-18)29-4-2)22(27)25-17-7-8-21-20(12-17)26-23(30-21)15-6-5-9-24-14-15/h5-14H,3-4H2,1-2H3,(H,25,27). The van der Waals surface area contributed by atoms with E-state index >= 15 is 0 Å². The second kappa shape index (κ2) is 8.65. The van der Waals surface area contributed by atoms with Crippen molar-refractivity contribution in [2.45, 2.75) is 13.8 Å². The predicted molar refractivity (Wildman–Crippen MR) is 114 cm³/mol. The summed E-state index contributed by atoms with van der Waals surface area (Å²) in [6.45, 7) is 4.78. The molecule has 7 nitrogen and oxygen atoms in total. The smallest absolute Gasteiger partial charge is 0.255 e. The van der Waals surface area contributed by atoms with Crippen LogP contribution >= 0.6 is 0 Å². The maximum atomic E-state index is 12.8. The van der Waals surface area contributed by atoms with E-state index < -0.39 is 0 Å². The number of nitrogens with one attached hydrogen (secondary N) is 1. The molecule has 0 aliphatic heterocycles. The zero-order chi connectivity index (χ0) is 20.9. The van der Waals surface area contributed by atoms with Gasteiger partial charge in [-0.3, -0.25) is 9.78 Å². The van der Waals surface area contributed by atoms with Crippen LogP contribution in [0.3, 0.4) is 0 Å². The third kappa shape index (κ3) is 4.25. The second-order valence-electron chi connectivity index (χ2n) is 6.46. The number of aromatic nitrogens is 2. The fourth-order valence-corrected chi connectivity index (χ4v) is 3.02. The number of hydrogen-bond acceptors (Lipinski definition) is 6. The number of benzene rings is 2. The van der Waals surface area contributed by atoms with Gasteiger partial charge in [-0.25, -0.2) is 4.98 Å². The number of rotatable bonds is 7. The maximum absolute atomic E-state index is 12.8. The van der Waals surface area contributed by atoms with E-state index in [4.69, 9.17) is 13.9 Å². The Hall–Kier alpha value is -3.87. The van der Waals surface area contributed by atoms with Crippen LogP contribution in [0.5, 0.6) is 11.5 Å². The van der Waals surface area contributed by atoms with Crippen LogP contribution in [0.4, 0.5) is 5.69 Å². The maximum Gasteiger partial charge on any atom is 0.255 e. The van der Waals surface area contributed by atoms with Crippen molar-refractivity contribution in [2.75, 3.05) is 18.5 Å². The molecule has 7 heteroatoms. The van der Waals surface area contributed by atoms with Crippen molar-refractivity contribution in [3.63, 3.8) is 0 Å². The summed E-state index contributed by atoms with van der Waals surface area (Å²) < 4.78 is 16.9. The number of ether oxygens (including phenoxy) is 2. The minimum Gasteiger partial charge on any atom is -0.494 e. The van der Waals surface area contributed by atoms with Crippen molar-refractivity contribution < 1.29 is 18.7 Å². The predicted octanol–water partition coefficient (Wildman–Crippen LogP) is 4.94. The summed E-state index contributed by atoms with van der Waals surface area (Å²) in [7, 11) is 0. The molecular formula is C23H21N3O4. The lowest BCUT2D eigenvalue weighted by molar-refractivity contribution is 0.102. The normalized spacial score (nSPS) is 10.7. The first kappa shape index (κ1) is 19.4. The van der Waals surface area contributed by atoms with Crippen molar-refractivity contribution in [2.24, 2.45) is 0 Å². The molecule has 2 heterocycles. The lowest BCUT2D eigenvalue weighted by atomic mass is 10.1. The van der Waals surface area contributed by atoms with Crippen LogP contribution in [-0.4, -0.2) is 29.1 Å². The van der Waals surface area contributed by atoms with Gasteiger partial charge < -0.3 is 19.2 Å². The Morgan fingerprint density at radius 1 is 1.03 bits per heavy atom.